The van der Waals surface area contributed by atoms with E-state index in [0.29, 0.717) is 17.4 Å². The van der Waals surface area contributed by atoms with E-state index in [2.05, 4.69) is 6.92 Å². The Kier molecular flexibility index (Phi) is 4.64. The SMILES string of the molecule is COC1(C(=O)Cc2ccc(Cl)cc2)CCC(C)CC1. The predicted molar refractivity (Wildman–Crippen MR) is 77.5 cm³/mol. The number of benzene rings is 1. The van der Waals surface area contributed by atoms with Crippen molar-refractivity contribution in [2.75, 3.05) is 7.11 Å². The molecule has 2 nitrogen and oxygen atoms in total. The van der Waals surface area contributed by atoms with Gasteiger partial charge in [0.05, 0.1) is 0 Å². The molecule has 0 saturated heterocycles. The van der Waals surface area contributed by atoms with Gasteiger partial charge in [-0.05, 0) is 49.3 Å². The molecule has 0 amide bonds. The molecule has 0 atom stereocenters. The normalized spacial score (nSPS) is 27.2. The molecule has 1 fully saturated rings. The largest absolute Gasteiger partial charge is 0.370 e. The smallest absolute Gasteiger partial charge is 0.168 e. The third-order valence-corrected chi connectivity index (χ3v) is 4.51. The Morgan fingerprint density at radius 1 is 1.32 bits per heavy atom. The number of carbonyl (C=O) groups is 1. The van der Waals surface area contributed by atoms with Crippen LogP contribution in [0.5, 0.6) is 0 Å². The number of ether oxygens (including phenoxy) is 1. The fourth-order valence-electron chi connectivity index (χ4n) is 2.77. The monoisotopic (exact) mass is 280 g/mol. The molecule has 0 heterocycles. The lowest BCUT2D eigenvalue weighted by molar-refractivity contribution is -0.145. The number of hydrogen-bond donors (Lipinski definition) is 0. The van der Waals surface area contributed by atoms with Crippen LogP contribution in [0.25, 0.3) is 0 Å². The van der Waals surface area contributed by atoms with E-state index < -0.39 is 5.60 Å². The molecule has 1 aromatic rings. The van der Waals surface area contributed by atoms with E-state index in [4.69, 9.17) is 16.3 Å². The van der Waals surface area contributed by atoms with E-state index in [1.165, 1.54) is 0 Å². The Bertz CT molecular complexity index is 431. The Morgan fingerprint density at radius 3 is 2.42 bits per heavy atom. The number of methoxy groups -OCH3 is 1. The zero-order valence-electron chi connectivity index (χ0n) is 11.6. The van der Waals surface area contributed by atoms with E-state index in [0.717, 1.165) is 31.2 Å². The number of ketones is 1. The van der Waals surface area contributed by atoms with E-state index in [-0.39, 0.29) is 5.78 Å². The van der Waals surface area contributed by atoms with Crippen LogP contribution >= 0.6 is 11.6 Å². The fourth-order valence-corrected chi connectivity index (χ4v) is 2.90. The minimum absolute atomic E-state index is 0.198. The molecule has 0 bridgehead atoms. The first-order valence-corrected chi connectivity index (χ1v) is 7.26. The summed E-state index contributed by atoms with van der Waals surface area (Å²) < 4.78 is 5.61. The number of Topliss-reactive ketones (excluding diaryl/α,β-unsaturated/α-hetero) is 1. The summed E-state index contributed by atoms with van der Waals surface area (Å²) in [6.07, 6.45) is 4.26. The van der Waals surface area contributed by atoms with Crippen LogP contribution in [0.4, 0.5) is 0 Å². The van der Waals surface area contributed by atoms with Crippen LogP contribution in [0.15, 0.2) is 24.3 Å². The van der Waals surface area contributed by atoms with Crippen molar-refractivity contribution in [2.45, 2.75) is 44.6 Å². The van der Waals surface area contributed by atoms with Crippen molar-refractivity contribution < 1.29 is 9.53 Å². The molecule has 0 spiro atoms. The van der Waals surface area contributed by atoms with Gasteiger partial charge in [0.2, 0.25) is 0 Å². The highest BCUT2D eigenvalue weighted by Gasteiger charge is 2.40. The first-order valence-electron chi connectivity index (χ1n) is 6.88. The highest BCUT2D eigenvalue weighted by atomic mass is 35.5. The predicted octanol–water partition coefficient (Wildman–Crippen LogP) is 4.05. The molecule has 1 aliphatic rings. The first-order chi connectivity index (χ1) is 9.05. The second-order valence-corrected chi connectivity index (χ2v) is 6.04. The third kappa shape index (κ3) is 3.37. The molecule has 0 N–H and O–H groups in total. The number of carbonyl (C=O) groups excluding carboxylic acids is 1. The van der Waals surface area contributed by atoms with Crippen LogP contribution in [0.2, 0.25) is 5.02 Å². The van der Waals surface area contributed by atoms with Crippen LogP contribution < -0.4 is 0 Å². The lowest BCUT2D eigenvalue weighted by Gasteiger charge is -2.37. The molecule has 0 unspecified atom stereocenters. The second kappa shape index (κ2) is 6.06. The van der Waals surface area contributed by atoms with Crippen molar-refractivity contribution in [3.63, 3.8) is 0 Å². The maximum atomic E-state index is 12.6. The zero-order chi connectivity index (χ0) is 13.9. The van der Waals surface area contributed by atoms with Crippen molar-refractivity contribution in [3.05, 3.63) is 34.9 Å². The van der Waals surface area contributed by atoms with E-state index >= 15 is 0 Å². The van der Waals surface area contributed by atoms with Gasteiger partial charge in [-0.25, -0.2) is 0 Å². The third-order valence-electron chi connectivity index (χ3n) is 4.26. The molecule has 1 aliphatic carbocycles. The van der Waals surface area contributed by atoms with E-state index in [1.807, 2.05) is 24.3 Å². The minimum Gasteiger partial charge on any atom is -0.370 e. The maximum absolute atomic E-state index is 12.6. The van der Waals surface area contributed by atoms with Crippen molar-refractivity contribution in [2.24, 2.45) is 5.92 Å². The van der Waals surface area contributed by atoms with Gasteiger partial charge >= 0.3 is 0 Å². The van der Waals surface area contributed by atoms with Gasteiger partial charge in [0, 0.05) is 18.6 Å². The number of hydrogen-bond acceptors (Lipinski definition) is 2. The van der Waals surface area contributed by atoms with Crippen LogP contribution in [0, 0.1) is 5.92 Å². The fraction of sp³-hybridized carbons (Fsp3) is 0.562. The van der Waals surface area contributed by atoms with Crippen LogP contribution in [0.3, 0.4) is 0 Å². The van der Waals surface area contributed by atoms with Crippen molar-refractivity contribution in [1.82, 2.24) is 0 Å². The Balaban J connectivity index is 2.06. The molecule has 1 aromatic carbocycles. The summed E-state index contributed by atoms with van der Waals surface area (Å²) in [7, 11) is 1.66. The quantitative estimate of drug-likeness (QED) is 0.832. The maximum Gasteiger partial charge on any atom is 0.168 e. The van der Waals surface area contributed by atoms with Crippen molar-refractivity contribution >= 4 is 17.4 Å². The average molecular weight is 281 g/mol. The zero-order valence-corrected chi connectivity index (χ0v) is 12.4. The molecule has 19 heavy (non-hydrogen) atoms. The van der Waals surface area contributed by atoms with Crippen LogP contribution in [-0.4, -0.2) is 18.5 Å². The lowest BCUT2D eigenvalue weighted by Crippen LogP contribution is -2.44. The van der Waals surface area contributed by atoms with Gasteiger partial charge in [0.15, 0.2) is 5.78 Å². The highest BCUT2D eigenvalue weighted by molar-refractivity contribution is 6.30. The Labute approximate surface area is 120 Å². The lowest BCUT2D eigenvalue weighted by atomic mass is 9.76. The summed E-state index contributed by atoms with van der Waals surface area (Å²) in [6, 6.07) is 7.48. The standard InChI is InChI=1S/C16H21ClO2/c1-12-7-9-16(19-2,10-8-12)15(18)11-13-3-5-14(17)6-4-13/h3-6,12H,7-11H2,1-2H3. The van der Waals surface area contributed by atoms with Gasteiger partial charge < -0.3 is 4.74 Å². The number of halogens is 1. The topological polar surface area (TPSA) is 26.3 Å². The molecular weight excluding hydrogens is 260 g/mol. The van der Waals surface area contributed by atoms with Gasteiger partial charge in [-0.3, -0.25) is 4.79 Å². The van der Waals surface area contributed by atoms with Gasteiger partial charge in [-0.15, -0.1) is 0 Å². The molecule has 1 saturated carbocycles. The molecule has 0 radical (unpaired) electrons. The highest BCUT2D eigenvalue weighted by Crippen LogP contribution is 2.35. The molecule has 2 rings (SSSR count). The second-order valence-electron chi connectivity index (χ2n) is 5.61. The number of rotatable bonds is 4. The van der Waals surface area contributed by atoms with Crippen LogP contribution in [-0.2, 0) is 16.0 Å². The first kappa shape index (κ1) is 14.5. The summed E-state index contributed by atoms with van der Waals surface area (Å²) >= 11 is 5.86. The molecular formula is C16H21ClO2. The Hall–Kier alpha value is -0.860. The van der Waals surface area contributed by atoms with Gasteiger partial charge in [0.1, 0.15) is 5.60 Å². The Morgan fingerprint density at radius 2 is 1.89 bits per heavy atom. The van der Waals surface area contributed by atoms with Crippen molar-refractivity contribution in [3.8, 4) is 0 Å². The van der Waals surface area contributed by atoms with Crippen molar-refractivity contribution in [1.29, 1.82) is 0 Å². The van der Waals surface area contributed by atoms with Gasteiger partial charge in [-0.1, -0.05) is 30.7 Å². The molecule has 0 aromatic heterocycles. The summed E-state index contributed by atoms with van der Waals surface area (Å²) in [5.41, 5.74) is 0.441. The van der Waals surface area contributed by atoms with E-state index in [1.54, 1.807) is 7.11 Å². The molecule has 104 valence electrons. The summed E-state index contributed by atoms with van der Waals surface area (Å²) in [5.74, 6) is 0.899. The van der Waals surface area contributed by atoms with Gasteiger partial charge in [0.25, 0.3) is 0 Å². The average Bonchev–Trinajstić information content (AvgIpc) is 2.42. The summed E-state index contributed by atoms with van der Waals surface area (Å²) in [6.45, 7) is 2.24. The summed E-state index contributed by atoms with van der Waals surface area (Å²) in [5, 5.41) is 0.698. The molecule has 3 heteroatoms. The summed E-state index contributed by atoms with van der Waals surface area (Å²) in [4.78, 5) is 12.6. The van der Waals surface area contributed by atoms with Crippen LogP contribution in [0.1, 0.15) is 38.2 Å². The molecule has 0 aliphatic heterocycles. The van der Waals surface area contributed by atoms with Gasteiger partial charge in [-0.2, -0.15) is 0 Å². The minimum atomic E-state index is -0.563. The van der Waals surface area contributed by atoms with E-state index in [9.17, 15) is 4.79 Å².